The quantitative estimate of drug-likeness (QED) is 0.224. The molecule has 1 aliphatic rings. The first-order valence-corrected chi connectivity index (χ1v) is 16.3. The van der Waals surface area contributed by atoms with Crippen LogP contribution in [0.5, 0.6) is 11.6 Å². The van der Waals surface area contributed by atoms with Crippen LogP contribution in [0.1, 0.15) is 45.5 Å². The van der Waals surface area contributed by atoms with E-state index in [2.05, 4.69) is 16.3 Å². The van der Waals surface area contributed by atoms with E-state index in [1.165, 1.54) is 18.3 Å². The van der Waals surface area contributed by atoms with Gasteiger partial charge in [0.1, 0.15) is 11.3 Å². The average molecular weight is 636 g/mol. The van der Waals surface area contributed by atoms with Gasteiger partial charge in [-0.2, -0.15) is 10.2 Å². The van der Waals surface area contributed by atoms with E-state index in [9.17, 15) is 18.5 Å². The van der Waals surface area contributed by atoms with Crippen molar-refractivity contribution in [3.63, 3.8) is 0 Å². The number of likely N-dealkylation sites (tertiary alicyclic amines) is 1. The van der Waals surface area contributed by atoms with Crippen molar-refractivity contribution in [3.05, 3.63) is 107 Å². The van der Waals surface area contributed by atoms with E-state index in [1.807, 2.05) is 26.0 Å². The molecule has 0 spiro atoms. The lowest BCUT2D eigenvalue weighted by molar-refractivity contribution is 0.1000. The molecule has 0 saturated carbocycles. The number of aromatic nitrogens is 3. The summed E-state index contributed by atoms with van der Waals surface area (Å²) < 4.78 is 35.0. The van der Waals surface area contributed by atoms with Crippen LogP contribution in [0.15, 0.2) is 83.9 Å². The highest BCUT2D eigenvalue weighted by Crippen LogP contribution is 2.35. The summed E-state index contributed by atoms with van der Waals surface area (Å²) in [6.45, 7) is 6.12. The maximum atomic E-state index is 13.7. The normalized spacial score (nSPS) is 14.2. The van der Waals surface area contributed by atoms with Crippen molar-refractivity contribution in [3.8, 4) is 17.7 Å². The van der Waals surface area contributed by atoms with Gasteiger partial charge in [-0.1, -0.05) is 30.3 Å². The third-order valence-electron chi connectivity index (χ3n) is 8.12. The number of carbonyl (C=O) groups excluding carboxylic acids is 1. The number of nitrogens with zero attached hydrogens (tertiary/aromatic N) is 5. The minimum absolute atomic E-state index is 0.0877. The van der Waals surface area contributed by atoms with Gasteiger partial charge in [-0.25, -0.2) is 17.4 Å². The number of nitrogens with two attached hydrogens (primary N) is 1. The minimum atomic E-state index is -3.98. The van der Waals surface area contributed by atoms with E-state index in [4.69, 9.17) is 20.4 Å². The first-order chi connectivity index (χ1) is 22.1. The third-order valence-corrected chi connectivity index (χ3v) is 9.81. The Hall–Kier alpha value is -5.25. The van der Waals surface area contributed by atoms with Gasteiger partial charge in [0.25, 0.3) is 10.0 Å². The molecule has 0 bridgehead atoms. The molecule has 1 amide bonds. The molecule has 1 aliphatic heterocycles. The Labute approximate surface area is 267 Å². The lowest BCUT2D eigenvalue weighted by atomic mass is 10.0. The van der Waals surface area contributed by atoms with E-state index < -0.39 is 15.9 Å². The number of hydrogen-bond acceptors (Lipinski definition) is 9. The summed E-state index contributed by atoms with van der Waals surface area (Å²) in [7, 11) is -3.98. The molecule has 234 valence electrons. The summed E-state index contributed by atoms with van der Waals surface area (Å²) in [6.07, 6.45) is 3.15. The van der Waals surface area contributed by atoms with Gasteiger partial charge in [-0.05, 0) is 85.8 Å². The topological polar surface area (TPSA) is 156 Å². The zero-order valence-corrected chi connectivity index (χ0v) is 26.3. The molecular weight excluding hydrogens is 602 g/mol. The number of fused-ring (bicyclic) bond motifs is 1. The van der Waals surface area contributed by atoms with Crippen LogP contribution < -0.4 is 15.8 Å². The zero-order chi connectivity index (χ0) is 32.4. The molecule has 0 unspecified atom stereocenters. The van der Waals surface area contributed by atoms with Crippen LogP contribution in [0.2, 0.25) is 0 Å². The Kier molecular flexibility index (Phi) is 8.44. The molecular formula is C34H33N7O4S. The van der Waals surface area contributed by atoms with Gasteiger partial charge >= 0.3 is 0 Å². The van der Waals surface area contributed by atoms with Crippen LogP contribution in [0.3, 0.4) is 0 Å². The van der Waals surface area contributed by atoms with Gasteiger partial charge in [0, 0.05) is 37.4 Å². The largest absolute Gasteiger partial charge is 0.436 e. The summed E-state index contributed by atoms with van der Waals surface area (Å²) in [5.74, 6) is 0.475. The van der Waals surface area contributed by atoms with E-state index in [0.717, 1.165) is 53.1 Å². The smallest absolute Gasteiger partial charge is 0.268 e. The highest BCUT2D eigenvalue weighted by Gasteiger charge is 2.26. The number of carbonyl (C=O) groups is 1. The van der Waals surface area contributed by atoms with Crippen LogP contribution >= 0.6 is 0 Å². The fourth-order valence-electron chi connectivity index (χ4n) is 5.75. The number of piperidine rings is 1. The van der Waals surface area contributed by atoms with Crippen LogP contribution in [-0.4, -0.2) is 52.3 Å². The van der Waals surface area contributed by atoms with Crippen molar-refractivity contribution in [2.75, 3.05) is 18.4 Å². The summed E-state index contributed by atoms with van der Waals surface area (Å²) in [5.41, 5.74) is 9.53. The summed E-state index contributed by atoms with van der Waals surface area (Å²) in [5, 5.41) is 12.9. The van der Waals surface area contributed by atoms with Crippen LogP contribution in [0.4, 0.5) is 5.95 Å². The number of nitriles is 1. The molecule has 3 N–H and O–H groups in total. The molecule has 11 nitrogen and oxygen atoms in total. The Morgan fingerprint density at radius 2 is 1.70 bits per heavy atom. The standard InChI is InChI=1S/C34H33N7O4S/c1-22-18-25(20-35)19-23(2)31(22)45-33-30-29(14-17-41(30)46(43,44)28-6-4-3-5-7-28)38-34(39-33)37-27-12-15-40(16-13-27)21-24-8-10-26(11-9-24)32(36)42/h3-11,14,17-19,27H,12-13,15-16,21H2,1-2H3,(H2,36,42)(H,37,38,39). The van der Waals surface area contributed by atoms with E-state index in [0.29, 0.717) is 28.3 Å². The number of benzene rings is 3. The van der Waals surface area contributed by atoms with Gasteiger partial charge in [0.15, 0.2) is 0 Å². The SMILES string of the molecule is Cc1cc(C#N)cc(C)c1Oc1nc(NC2CCN(Cc3ccc(C(N)=O)cc3)CC2)nc2ccn(S(=O)(=O)c3ccccc3)c12. The van der Waals surface area contributed by atoms with E-state index in [1.54, 1.807) is 48.5 Å². The molecule has 3 aromatic carbocycles. The van der Waals surface area contributed by atoms with Crippen molar-refractivity contribution >= 4 is 32.9 Å². The van der Waals surface area contributed by atoms with Crippen molar-refractivity contribution < 1.29 is 17.9 Å². The Bertz CT molecular complexity index is 2040. The second-order valence-corrected chi connectivity index (χ2v) is 13.2. The molecule has 46 heavy (non-hydrogen) atoms. The molecule has 6 rings (SSSR count). The van der Waals surface area contributed by atoms with Crippen molar-refractivity contribution in [2.45, 2.75) is 44.2 Å². The molecule has 1 saturated heterocycles. The maximum absolute atomic E-state index is 13.7. The number of anilines is 1. The number of rotatable bonds is 9. The van der Waals surface area contributed by atoms with E-state index >= 15 is 0 Å². The molecule has 3 heterocycles. The van der Waals surface area contributed by atoms with Crippen molar-refractivity contribution in [1.29, 1.82) is 5.26 Å². The molecule has 0 atom stereocenters. The van der Waals surface area contributed by atoms with Gasteiger partial charge in [-0.3, -0.25) is 9.69 Å². The molecule has 5 aromatic rings. The van der Waals surface area contributed by atoms with Crippen molar-refractivity contribution in [1.82, 2.24) is 18.8 Å². The Morgan fingerprint density at radius 1 is 1.02 bits per heavy atom. The Balaban J connectivity index is 1.28. The number of aryl methyl sites for hydroxylation is 2. The van der Waals surface area contributed by atoms with Gasteiger partial charge in [0.05, 0.1) is 22.0 Å². The zero-order valence-electron chi connectivity index (χ0n) is 25.5. The second-order valence-electron chi connectivity index (χ2n) is 11.4. The van der Waals surface area contributed by atoms with Crippen LogP contribution in [-0.2, 0) is 16.6 Å². The lowest BCUT2D eigenvalue weighted by Crippen LogP contribution is -2.39. The average Bonchev–Trinajstić information content (AvgIpc) is 3.49. The summed E-state index contributed by atoms with van der Waals surface area (Å²) in [4.78, 5) is 23.3. The lowest BCUT2D eigenvalue weighted by Gasteiger charge is -2.32. The van der Waals surface area contributed by atoms with Crippen LogP contribution in [0.25, 0.3) is 11.0 Å². The number of ether oxygens (including phenoxy) is 1. The van der Waals surface area contributed by atoms with Crippen LogP contribution in [0, 0.1) is 25.2 Å². The predicted molar refractivity (Wildman–Crippen MR) is 174 cm³/mol. The molecule has 0 radical (unpaired) electrons. The number of primary amides is 1. The second kappa shape index (κ2) is 12.6. The van der Waals surface area contributed by atoms with Gasteiger partial charge < -0.3 is 15.8 Å². The highest BCUT2D eigenvalue weighted by molar-refractivity contribution is 7.90. The first kappa shape index (κ1) is 30.8. The fraction of sp³-hybridized carbons (Fsp3) is 0.235. The van der Waals surface area contributed by atoms with Crippen molar-refractivity contribution in [2.24, 2.45) is 5.73 Å². The molecule has 12 heteroatoms. The monoisotopic (exact) mass is 635 g/mol. The van der Waals surface area contributed by atoms with Gasteiger partial charge in [-0.15, -0.1) is 0 Å². The highest BCUT2D eigenvalue weighted by atomic mass is 32.2. The molecule has 1 fully saturated rings. The number of hydrogen-bond donors (Lipinski definition) is 2. The first-order valence-electron chi connectivity index (χ1n) is 14.9. The maximum Gasteiger partial charge on any atom is 0.268 e. The third kappa shape index (κ3) is 6.28. The molecule has 0 aliphatic carbocycles. The summed E-state index contributed by atoms with van der Waals surface area (Å²) in [6, 6.07) is 22.8. The minimum Gasteiger partial charge on any atom is -0.436 e. The fourth-order valence-corrected chi connectivity index (χ4v) is 7.11. The van der Waals surface area contributed by atoms with E-state index in [-0.39, 0.29) is 22.3 Å². The van der Waals surface area contributed by atoms with Gasteiger partial charge in [0.2, 0.25) is 17.7 Å². The Morgan fingerprint density at radius 3 is 2.33 bits per heavy atom. The summed E-state index contributed by atoms with van der Waals surface area (Å²) >= 11 is 0. The number of nitrogens with one attached hydrogen (secondary N) is 1. The molecule has 2 aromatic heterocycles. The number of amides is 1. The predicted octanol–water partition coefficient (Wildman–Crippen LogP) is 5.12.